The van der Waals surface area contributed by atoms with Gasteiger partial charge in [0.2, 0.25) is 0 Å². The number of rotatable bonds is 5. The maximum absolute atomic E-state index is 11.3. The number of benzene rings is 1. The summed E-state index contributed by atoms with van der Waals surface area (Å²) in [6, 6.07) is 8.03. The van der Waals surface area contributed by atoms with Crippen LogP contribution in [0.4, 0.5) is 0 Å². The monoisotopic (exact) mass is 290 g/mol. The molecule has 1 aliphatic rings. The SMILES string of the molecule is CCC(C)(C)c1ccc(C(O)C2CCCC2C(=O)O)cc1. The van der Waals surface area contributed by atoms with Gasteiger partial charge in [0.1, 0.15) is 0 Å². The molecule has 0 bridgehead atoms. The Labute approximate surface area is 127 Å². The van der Waals surface area contributed by atoms with E-state index in [9.17, 15) is 15.0 Å². The topological polar surface area (TPSA) is 57.5 Å². The standard InChI is InChI=1S/C18H26O3/c1-4-18(2,3)13-10-8-12(9-11-13)16(19)14-6-5-7-15(14)17(20)21/h8-11,14-16,19H,4-7H2,1-3H3,(H,20,21). The number of carboxylic acids is 1. The number of aliphatic carboxylic acids is 1. The van der Waals surface area contributed by atoms with Crippen LogP contribution in [0.25, 0.3) is 0 Å². The first-order valence-corrected chi connectivity index (χ1v) is 7.88. The van der Waals surface area contributed by atoms with Gasteiger partial charge in [-0.15, -0.1) is 0 Å². The molecule has 0 saturated heterocycles. The fourth-order valence-corrected chi connectivity index (χ4v) is 3.26. The van der Waals surface area contributed by atoms with Gasteiger partial charge in [-0.3, -0.25) is 4.79 Å². The van der Waals surface area contributed by atoms with Gasteiger partial charge in [0.25, 0.3) is 0 Å². The lowest BCUT2D eigenvalue weighted by molar-refractivity contribution is -0.144. The second kappa shape index (κ2) is 6.18. The zero-order valence-corrected chi connectivity index (χ0v) is 13.2. The Balaban J connectivity index is 2.17. The minimum Gasteiger partial charge on any atom is -0.481 e. The number of carbonyl (C=O) groups is 1. The highest BCUT2D eigenvalue weighted by Crippen LogP contribution is 2.40. The Hall–Kier alpha value is -1.35. The van der Waals surface area contributed by atoms with Crippen LogP contribution in [0.3, 0.4) is 0 Å². The molecule has 0 heterocycles. The van der Waals surface area contributed by atoms with Crippen molar-refractivity contribution in [2.24, 2.45) is 11.8 Å². The van der Waals surface area contributed by atoms with Crippen molar-refractivity contribution in [2.45, 2.75) is 58.0 Å². The van der Waals surface area contributed by atoms with Crippen LogP contribution in [0.1, 0.15) is 63.7 Å². The summed E-state index contributed by atoms with van der Waals surface area (Å²) in [5.41, 5.74) is 2.21. The molecule has 1 aliphatic carbocycles. The predicted molar refractivity (Wildman–Crippen MR) is 83.2 cm³/mol. The average molecular weight is 290 g/mol. The number of aliphatic hydroxyl groups excluding tert-OH is 1. The highest BCUT2D eigenvalue weighted by Gasteiger charge is 2.38. The van der Waals surface area contributed by atoms with E-state index in [0.29, 0.717) is 6.42 Å². The van der Waals surface area contributed by atoms with Gasteiger partial charge in [-0.1, -0.05) is 51.5 Å². The molecule has 1 aromatic carbocycles. The first kappa shape index (κ1) is 16.0. The molecule has 3 nitrogen and oxygen atoms in total. The predicted octanol–water partition coefficient (Wildman–Crippen LogP) is 3.91. The van der Waals surface area contributed by atoms with Crippen LogP contribution >= 0.6 is 0 Å². The van der Waals surface area contributed by atoms with Crippen molar-refractivity contribution in [1.29, 1.82) is 0 Å². The summed E-state index contributed by atoms with van der Waals surface area (Å²) in [7, 11) is 0. The highest BCUT2D eigenvalue weighted by molar-refractivity contribution is 5.70. The molecular weight excluding hydrogens is 264 g/mol. The molecule has 1 fully saturated rings. The van der Waals surface area contributed by atoms with E-state index < -0.39 is 18.0 Å². The molecule has 0 aliphatic heterocycles. The lowest BCUT2D eigenvalue weighted by Gasteiger charge is -2.26. The molecule has 21 heavy (non-hydrogen) atoms. The van der Waals surface area contributed by atoms with Crippen LogP contribution < -0.4 is 0 Å². The summed E-state index contributed by atoms with van der Waals surface area (Å²) in [6.07, 6.45) is 2.74. The Morgan fingerprint density at radius 2 is 1.90 bits per heavy atom. The summed E-state index contributed by atoms with van der Waals surface area (Å²) in [5, 5.41) is 19.8. The van der Waals surface area contributed by atoms with Crippen LogP contribution in [-0.4, -0.2) is 16.2 Å². The summed E-state index contributed by atoms with van der Waals surface area (Å²) < 4.78 is 0. The third kappa shape index (κ3) is 3.29. The molecule has 2 rings (SSSR count). The van der Waals surface area contributed by atoms with E-state index in [2.05, 4.69) is 32.9 Å². The maximum Gasteiger partial charge on any atom is 0.306 e. The zero-order chi connectivity index (χ0) is 15.6. The van der Waals surface area contributed by atoms with Crippen molar-refractivity contribution in [2.75, 3.05) is 0 Å². The molecule has 0 aromatic heterocycles. The van der Waals surface area contributed by atoms with E-state index in [-0.39, 0.29) is 11.3 Å². The molecule has 3 unspecified atom stereocenters. The zero-order valence-electron chi connectivity index (χ0n) is 13.2. The second-order valence-corrected chi connectivity index (χ2v) is 6.84. The van der Waals surface area contributed by atoms with Crippen LogP contribution in [0.5, 0.6) is 0 Å². The molecule has 1 aromatic rings. The fourth-order valence-electron chi connectivity index (χ4n) is 3.26. The lowest BCUT2D eigenvalue weighted by atomic mass is 9.81. The number of aliphatic hydroxyl groups is 1. The quantitative estimate of drug-likeness (QED) is 0.864. The van der Waals surface area contributed by atoms with Gasteiger partial charge in [0.05, 0.1) is 12.0 Å². The van der Waals surface area contributed by atoms with Gasteiger partial charge >= 0.3 is 5.97 Å². The van der Waals surface area contributed by atoms with E-state index >= 15 is 0 Å². The first-order chi connectivity index (χ1) is 9.86. The Morgan fingerprint density at radius 3 is 2.43 bits per heavy atom. The van der Waals surface area contributed by atoms with Crippen molar-refractivity contribution in [1.82, 2.24) is 0 Å². The molecule has 0 spiro atoms. The van der Waals surface area contributed by atoms with Crippen LogP contribution in [0, 0.1) is 11.8 Å². The van der Waals surface area contributed by atoms with Gasteiger partial charge in [0.15, 0.2) is 0 Å². The summed E-state index contributed by atoms with van der Waals surface area (Å²) >= 11 is 0. The molecule has 1 saturated carbocycles. The largest absolute Gasteiger partial charge is 0.481 e. The smallest absolute Gasteiger partial charge is 0.306 e. The second-order valence-electron chi connectivity index (χ2n) is 6.84. The average Bonchev–Trinajstić information content (AvgIpc) is 2.96. The van der Waals surface area contributed by atoms with Gasteiger partial charge in [0, 0.05) is 5.92 Å². The van der Waals surface area contributed by atoms with E-state index in [0.717, 1.165) is 24.8 Å². The minimum atomic E-state index is -0.778. The normalized spacial score (nSPS) is 24.0. The molecule has 3 heteroatoms. The third-order valence-electron chi connectivity index (χ3n) is 5.21. The molecule has 3 atom stereocenters. The van der Waals surface area contributed by atoms with Crippen LogP contribution in [-0.2, 0) is 10.2 Å². The number of hydrogen-bond donors (Lipinski definition) is 2. The van der Waals surface area contributed by atoms with Crippen LogP contribution in [0.2, 0.25) is 0 Å². The molecule has 116 valence electrons. The molecular formula is C18H26O3. The van der Waals surface area contributed by atoms with E-state index in [4.69, 9.17) is 0 Å². The summed E-state index contributed by atoms with van der Waals surface area (Å²) in [4.78, 5) is 11.3. The summed E-state index contributed by atoms with van der Waals surface area (Å²) in [5.74, 6) is -1.35. The summed E-state index contributed by atoms with van der Waals surface area (Å²) in [6.45, 7) is 6.57. The third-order valence-corrected chi connectivity index (χ3v) is 5.21. The van der Waals surface area contributed by atoms with Gasteiger partial charge in [-0.25, -0.2) is 0 Å². The lowest BCUT2D eigenvalue weighted by Crippen LogP contribution is -2.24. The van der Waals surface area contributed by atoms with Gasteiger partial charge in [-0.2, -0.15) is 0 Å². The molecule has 2 N–H and O–H groups in total. The molecule has 0 radical (unpaired) electrons. The Morgan fingerprint density at radius 1 is 1.29 bits per heavy atom. The maximum atomic E-state index is 11.3. The van der Waals surface area contributed by atoms with Crippen molar-refractivity contribution < 1.29 is 15.0 Å². The fraction of sp³-hybridized carbons (Fsp3) is 0.611. The number of hydrogen-bond acceptors (Lipinski definition) is 2. The first-order valence-electron chi connectivity index (χ1n) is 7.88. The highest BCUT2D eigenvalue weighted by atomic mass is 16.4. The van der Waals surface area contributed by atoms with Gasteiger partial charge < -0.3 is 10.2 Å². The van der Waals surface area contributed by atoms with Gasteiger partial charge in [-0.05, 0) is 35.8 Å². The molecule has 0 amide bonds. The van der Waals surface area contributed by atoms with E-state index in [1.54, 1.807) is 0 Å². The van der Waals surface area contributed by atoms with Crippen molar-refractivity contribution in [3.8, 4) is 0 Å². The Kier molecular flexibility index (Phi) is 4.72. The van der Waals surface area contributed by atoms with Crippen LogP contribution in [0.15, 0.2) is 24.3 Å². The van der Waals surface area contributed by atoms with E-state index in [1.165, 1.54) is 5.56 Å². The Bertz CT molecular complexity index is 490. The van der Waals surface area contributed by atoms with Crippen molar-refractivity contribution in [3.05, 3.63) is 35.4 Å². The van der Waals surface area contributed by atoms with E-state index in [1.807, 2.05) is 12.1 Å². The number of carboxylic acid groups (broad SMARTS) is 1. The van der Waals surface area contributed by atoms with Crippen molar-refractivity contribution in [3.63, 3.8) is 0 Å². The van der Waals surface area contributed by atoms with Crippen molar-refractivity contribution >= 4 is 5.97 Å². The minimum absolute atomic E-state index is 0.125.